The molecule has 0 spiro atoms. The van der Waals surface area contributed by atoms with Gasteiger partial charge in [0.25, 0.3) is 0 Å². The molecular formula is C18H26N2O2. The molecule has 0 fully saturated rings. The van der Waals surface area contributed by atoms with Gasteiger partial charge in [-0.2, -0.15) is 5.26 Å². The third-order valence-corrected chi connectivity index (χ3v) is 3.42. The first kappa shape index (κ1) is 18.0. The van der Waals surface area contributed by atoms with E-state index in [1.165, 1.54) is 0 Å². The second-order valence-electron chi connectivity index (χ2n) is 5.46. The predicted molar refractivity (Wildman–Crippen MR) is 87.6 cm³/mol. The van der Waals surface area contributed by atoms with E-state index >= 15 is 0 Å². The molecule has 0 saturated heterocycles. The van der Waals surface area contributed by atoms with Crippen molar-refractivity contribution >= 4 is 5.91 Å². The first-order valence-corrected chi connectivity index (χ1v) is 8.00. The molecule has 0 aliphatic rings. The van der Waals surface area contributed by atoms with Crippen LogP contribution < -0.4 is 4.74 Å². The van der Waals surface area contributed by atoms with Gasteiger partial charge in [-0.05, 0) is 37.5 Å². The van der Waals surface area contributed by atoms with Crippen LogP contribution in [0.2, 0.25) is 0 Å². The molecule has 22 heavy (non-hydrogen) atoms. The maximum Gasteiger partial charge on any atom is 0.240 e. The minimum Gasteiger partial charge on any atom is -0.494 e. The zero-order valence-corrected chi connectivity index (χ0v) is 13.8. The highest BCUT2D eigenvalue weighted by atomic mass is 16.5. The molecular weight excluding hydrogens is 276 g/mol. The molecule has 0 bridgehead atoms. The quantitative estimate of drug-likeness (QED) is 0.701. The molecule has 4 heteroatoms. The number of nitriles is 1. The molecule has 0 radical (unpaired) electrons. The Morgan fingerprint density at radius 2 is 2.00 bits per heavy atom. The number of hydrogen-bond donors (Lipinski definition) is 0. The molecule has 0 heterocycles. The second-order valence-corrected chi connectivity index (χ2v) is 5.46. The van der Waals surface area contributed by atoms with Crippen LogP contribution in [0.1, 0.15) is 38.7 Å². The van der Waals surface area contributed by atoms with Gasteiger partial charge in [0, 0.05) is 19.5 Å². The Labute approximate surface area is 133 Å². The number of ether oxygens (including phenoxy) is 1. The van der Waals surface area contributed by atoms with E-state index in [-0.39, 0.29) is 5.91 Å². The molecule has 1 rings (SSSR count). The van der Waals surface area contributed by atoms with Gasteiger partial charge in [0.1, 0.15) is 11.7 Å². The Hall–Kier alpha value is -2.02. The predicted octanol–water partition coefficient (Wildman–Crippen LogP) is 3.55. The van der Waals surface area contributed by atoms with Gasteiger partial charge in [0.05, 0.1) is 12.7 Å². The largest absolute Gasteiger partial charge is 0.494 e. The summed E-state index contributed by atoms with van der Waals surface area (Å²) in [5.41, 5.74) is 1.13. The average molecular weight is 302 g/mol. The number of nitrogens with zero attached hydrogens (tertiary/aromatic N) is 2. The number of hydrogen-bond acceptors (Lipinski definition) is 3. The smallest absolute Gasteiger partial charge is 0.240 e. The highest BCUT2D eigenvalue weighted by molar-refractivity contribution is 5.81. The van der Waals surface area contributed by atoms with Crippen molar-refractivity contribution < 1.29 is 9.53 Å². The summed E-state index contributed by atoms with van der Waals surface area (Å²) in [6, 6.07) is 9.89. The zero-order valence-electron chi connectivity index (χ0n) is 13.8. The molecule has 1 unspecified atom stereocenters. The van der Waals surface area contributed by atoms with Gasteiger partial charge in [0.15, 0.2) is 0 Å². The Balaban J connectivity index is 2.53. The van der Waals surface area contributed by atoms with Gasteiger partial charge >= 0.3 is 0 Å². The summed E-state index contributed by atoms with van der Waals surface area (Å²) < 4.78 is 5.65. The van der Waals surface area contributed by atoms with Crippen LogP contribution in [0.3, 0.4) is 0 Å². The van der Waals surface area contributed by atoms with Crippen molar-refractivity contribution in [3.63, 3.8) is 0 Å². The number of carbonyl (C=O) groups is 1. The molecule has 1 atom stereocenters. The highest BCUT2D eigenvalue weighted by Gasteiger charge is 2.23. The Kier molecular flexibility index (Phi) is 8.06. The number of carbonyl (C=O) groups excluding carboxylic acids is 1. The summed E-state index contributed by atoms with van der Waals surface area (Å²) in [6.45, 7) is 7.88. The molecule has 0 aliphatic heterocycles. The fraction of sp³-hybridized carbons (Fsp3) is 0.556. The maximum atomic E-state index is 12.4. The molecule has 1 amide bonds. The monoisotopic (exact) mass is 302 g/mol. The van der Waals surface area contributed by atoms with Crippen LogP contribution in [-0.4, -0.2) is 30.5 Å². The van der Waals surface area contributed by atoms with Crippen molar-refractivity contribution in [3.8, 4) is 11.8 Å². The lowest BCUT2D eigenvalue weighted by molar-refractivity contribution is -0.134. The molecule has 1 aromatic rings. The van der Waals surface area contributed by atoms with Crippen LogP contribution in [0, 0.1) is 24.2 Å². The van der Waals surface area contributed by atoms with Gasteiger partial charge in [-0.3, -0.25) is 4.79 Å². The van der Waals surface area contributed by atoms with Crippen molar-refractivity contribution in [3.05, 3.63) is 29.8 Å². The van der Waals surface area contributed by atoms with E-state index in [9.17, 15) is 10.1 Å². The fourth-order valence-electron chi connectivity index (χ4n) is 2.34. The van der Waals surface area contributed by atoms with Gasteiger partial charge in [-0.25, -0.2) is 0 Å². The summed E-state index contributed by atoms with van der Waals surface area (Å²) in [7, 11) is 0. The molecule has 0 N–H and O–H groups in total. The summed E-state index contributed by atoms with van der Waals surface area (Å²) in [6.07, 6.45) is 2.24. The summed E-state index contributed by atoms with van der Waals surface area (Å²) in [5, 5.41) is 9.27. The Bertz CT molecular complexity index is 502. The second kappa shape index (κ2) is 9.83. The van der Waals surface area contributed by atoms with Crippen LogP contribution in [-0.2, 0) is 4.79 Å². The van der Waals surface area contributed by atoms with E-state index in [4.69, 9.17) is 4.74 Å². The number of amides is 1. The molecule has 0 aliphatic carbocycles. The lowest BCUT2D eigenvalue weighted by atomic mass is 10.1. The average Bonchev–Trinajstić information content (AvgIpc) is 2.51. The SMILES string of the molecule is CCCN(CCC)C(=O)C(C#N)CCOc1cccc(C)c1. The van der Waals surface area contributed by atoms with Crippen LogP contribution in [0.5, 0.6) is 5.75 Å². The summed E-state index contributed by atoms with van der Waals surface area (Å²) in [5.74, 6) is 0.0880. The lowest BCUT2D eigenvalue weighted by Gasteiger charge is -2.23. The van der Waals surface area contributed by atoms with Gasteiger partial charge < -0.3 is 9.64 Å². The van der Waals surface area contributed by atoms with E-state index in [0.717, 1.165) is 24.2 Å². The zero-order chi connectivity index (χ0) is 16.4. The van der Waals surface area contributed by atoms with Gasteiger partial charge in [0.2, 0.25) is 5.91 Å². The maximum absolute atomic E-state index is 12.4. The number of aryl methyl sites for hydroxylation is 1. The van der Waals surface area contributed by atoms with Crippen LogP contribution in [0.15, 0.2) is 24.3 Å². The highest BCUT2D eigenvalue weighted by Crippen LogP contribution is 2.14. The van der Waals surface area contributed by atoms with Crippen molar-refractivity contribution in [2.24, 2.45) is 5.92 Å². The number of benzene rings is 1. The molecule has 0 saturated carbocycles. The molecule has 4 nitrogen and oxygen atoms in total. The van der Waals surface area contributed by atoms with E-state index < -0.39 is 5.92 Å². The van der Waals surface area contributed by atoms with Gasteiger partial charge in [-0.1, -0.05) is 26.0 Å². The Morgan fingerprint density at radius 1 is 1.32 bits per heavy atom. The normalized spacial score (nSPS) is 11.5. The first-order chi connectivity index (χ1) is 10.6. The van der Waals surface area contributed by atoms with Crippen molar-refractivity contribution in [2.45, 2.75) is 40.0 Å². The summed E-state index contributed by atoms with van der Waals surface area (Å²) in [4.78, 5) is 14.2. The third-order valence-electron chi connectivity index (χ3n) is 3.42. The molecule has 1 aromatic carbocycles. The van der Waals surface area contributed by atoms with Crippen molar-refractivity contribution in [2.75, 3.05) is 19.7 Å². The van der Waals surface area contributed by atoms with E-state index in [2.05, 4.69) is 6.07 Å². The van der Waals surface area contributed by atoms with E-state index in [1.54, 1.807) is 4.90 Å². The van der Waals surface area contributed by atoms with Crippen molar-refractivity contribution in [1.82, 2.24) is 4.90 Å². The molecule has 120 valence electrons. The first-order valence-electron chi connectivity index (χ1n) is 8.00. The standard InChI is InChI=1S/C18H26N2O2/c1-4-10-20(11-5-2)18(21)16(14-19)9-12-22-17-8-6-7-15(3)13-17/h6-8,13,16H,4-5,9-12H2,1-3H3. The number of rotatable bonds is 9. The van der Waals surface area contributed by atoms with E-state index in [0.29, 0.717) is 26.1 Å². The topological polar surface area (TPSA) is 53.3 Å². The fourth-order valence-corrected chi connectivity index (χ4v) is 2.34. The lowest BCUT2D eigenvalue weighted by Crippen LogP contribution is -2.37. The van der Waals surface area contributed by atoms with Crippen LogP contribution >= 0.6 is 0 Å². The Morgan fingerprint density at radius 3 is 2.55 bits per heavy atom. The molecule has 0 aromatic heterocycles. The minimum absolute atomic E-state index is 0.0703. The van der Waals surface area contributed by atoms with Crippen molar-refractivity contribution in [1.29, 1.82) is 5.26 Å². The van der Waals surface area contributed by atoms with Crippen LogP contribution in [0.4, 0.5) is 0 Å². The summed E-state index contributed by atoms with van der Waals surface area (Å²) >= 11 is 0. The van der Waals surface area contributed by atoms with Gasteiger partial charge in [-0.15, -0.1) is 0 Å². The minimum atomic E-state index is -0.622. The van der Waals surface area contributed by atoms with Crippen LogP contribution in [0.25, 0.3) is 0 Å². The third kappa shape index (κ3) is 5.77. The van der Waals surface area contributed by atoms with E-state index in [1.807, 2.05) is 45.0 Å².